The van der Waals surface area contributed by atoms with Crippen LogP contribution in [0.3, 0.4) is 0 Å². The van der Waals surface area contributed by atoms with E-state index in [1.807, 2.05) is 0 Å². The van der Waals surface area contributed by atoms with Crippen LogP contribution in [0.5, 0.6) is 0 Å². The van der Waals surface area contributed by atoms with Gasteiger partial charge in [-0.05, 0) is 29.8 Å². The second-order valence-electron chi connectivity index (χ2n) is 3.08. The molecule has 0 unspecified atom stereocenters. The van der Waals surface area contributed by atoms with E-state index in [4.69, 9.17) is 23.2 Å². The standard InChI is InChI=1S/C10H5BrCl2FN3/c11-5-1-2-7(14)8(3-5)16-9-6(12)4-15-10(13)17-9/h1-4H,(H,15,16,17). The summed E-state index contributed by atoms with van der Waals surface area (Å²) in [6.07, 6.45) is 1.34. The number of nitrogens with one attached hydrogen (secondary N) is 1. The van der Waals surface area contributed by atoms with E-state index < -0.39 is 5.82 Å². The van der Waals surface area contributed by atoms with Crippen LogP contribution < -0.4 is 5.32 Å². The lowest BCUT2D eigenvalue weighted by atomic mass is 10.3. The molecule has 3 nitrogen and oxygen atoms in total. The van der Waals surface area contributed by atoms with Gasteiger partial charge in [0, 0.05) is 4.47 Å². The molecular formula is C10H5BrCl2FN3. The first-order valence-corrected chi connectivity index (χ1v) is 6.01. The van der Waals surface area contributed by atoms with Gasteiger partial charge in [0.2, 0.25) is 5.28 Å². The predicted molar refractivity (Wildman–Crippen MR) is 69.4 cm³/mol. The van der Waals surface area contributed by atoms with Gasteiger partial charge in [-0.15, -0.1) is 0 Å². The highest BCUT2D eigenvalue weighted by molar-refractivity contribution is 9.10. The Kier molecular flexibility index (Phi) is 3.81. The van der Waals surface area contributed by atoms with Crippen LogP contribution in [0.2, 0.25) is 10.3 Å². The van der Waals surface area contributed by atoms with Gasteiger partial charge in [-0.25, -0.2) is 9.37 Å². The van der Waals surface area contributed by atoms with Crippen LogP contribution in [0.1, 0.15) is 0 Å². The van der Waals surface area contributed by atoms with Gasteiger partial charge in [-0.3, -0.25) is 0 Å². The predicted octanol–water partition coefficient (Wildman–Crippen LogP) is 4.43. The second kappa shape index (κ2) is 5.16. The van der Waals surface area contributed by atoms with Gasteiger partial charge >= 0.3 is 0 Å². The highest BCUT2D eigenvalue weighted by Crippen LogP contribution is 2.27. The van der Waals surface area contributed by atoms with Crippen LogP contribution in [0.25, 0.3) is 0 Å². The van der Waals surface area contributed by atoms with Crippen LogP contribution in [-0.2, 0) is 0 Å². The molecule has 0 aliphatic carbocycles. The summed E-state index contributed by atoms with van der Waals surface area (Å²) in [5.41, 5.74) is 0.246. The first-order chi connectivity index (χ1) is 8.06. The number of hydrogen-bond donors (Lipinski definition) is 1. The van der Waals surface area contributed by atoms with Crippen LogP contribution in [0.4, 0.5) is 15.9 Å². The number of nitrogens with zero attached hydrogens (tertiary/aromatic N) is 2. The molecule has 17 heavy (non-hydrogen) atoms. The van der Waals surface area contributed by atoms with Crippen LogP contribution >= 0.6 is 39.1 Å². The molecule has 0 radical (unpaired) electrons. The number of anilines is 2. The van der Waals surface area contributed by atoms with Gasteiger partial charge in [0.15, 0.2) is 5.82 Å². The van der Waals surface area contributed by atoms with Crippen molar-refractivity contribution < 1.29 is 4.39 Å². The summed E-state index contributed by atoms with van der Waals surface area (Å²) >= 11 is 14.7. The number of hydrogen-bond acceptors (Lipinski definition) is 3. The minimum Gasteiger partial charge on any atom is -0.336 e. The molecule has 1 aromatic heterocycles. The van der Waals surface area contributed by atoms with Crippen molar-refractivity contribution in [2.75, 3.05) is 5.32 Å². The maximum atomic E-state index is 13.5. The molecule has 1 aromatic carbocycles. The highest BCUT2D eigenvalue weighted by Gasteiger charge is 2.08. The zero-order valence-electron chi connectivity index (χ0n) is 8.22. The lowest BCUT2D eigenvalue weighted by molar-refractivity contribution is 0.631. The molecule has 1 heterocycles. The summed E-state index contributed by atoms with van der Waals surface area (Å²) < 4.78 is 14.2. The molecule has 0 amide bonds. The lowest BCUT2D eigenvalue weighted by Gasteiger charge is -2.08. The third-order valence-corrected chi connectivity index (χ3v) is 2.85. The fraction of sp³-hybridized carbons (Fsp3) is 0. The summed E-state index contributed by atoms with van der Waals surface area (Å²) in [5, 5.41) is 3.04. The molecule has 1 N–H and O–H groups in total. The third-order valence-electron chi connectivity index (χ3n) is 1.90. The summed E-state index contributed by atoms with van der Waals surface area (Å²) in [5.74, 6) is -0.164. The van der Waals surface area contributed by atoms with E-state index in [0.29, 0.717) is 0 Å². The number of halogens is 4. The van der Waals surface area contributed by atoms with Gasteiger partial charge in [-0.2, -0.15) is 4.98 Å². The lowest BCUT2D eigenvalue weighted by Crippen LogP contribution is -1.98. The molecule has 2 aromatic rings. The molecule has 0 saturated carbocycles. The van der Waals surface area contributed by atoms with E-state index in [-0.39, 0.29) is 21.8 Å². The minimum atomic E-state index is -0.418. The van der Waals surface area contributed by atoms with Crippen molar-refractivity contribution in [2.24, 2.45) is 0 Å². The van der Waals surface area contributed by atoms with Crippen LogP contribution in [-0.4, -0.2) is 9.97 Å². The Morgan fingerprint density at radius 3 is 2.82 bits per heavy atom. The molecule has 0 atom stereocenters. The third kappa shape index (κ3) is 3.06. The van der Waals surface area contributed by atoms with E-state index in [1.54, 1.807) is 12.1 Å². The van der Waals surface area contributed by atoms with Crippen molar-refractivity contribution in [2.45, 2.75) is 0 Å². The van der Waals surface area contributed by atoms with Crippen molar-refractivity contribution in [1.29, 1.82) is 0 Å². The van der Waals surface area contributed by atoms with Crippen molar-refractivity contribution in [1.82, 2.24) is 9.97 Å². The van der Waals surface area contributed by atoms with Crippen LogP contribution in [0, 0.1) is 5.82 Å². The molecular weight excluding hydrogens is 332 g/mol. The molecule has 0 aliphatic heterocycles. The molecule has 0 spiro atoms. The quantitative estimate of drug-likeness (QED) is 0.824. The zero-order valence-corrected chi connectivity index (χ0v) is 11.3. The van der Waals surface area contributed by atoms with Crippen molar-refractivity contribution in [3.05, 3.63) is 45.0 Å². The molecule has 0 bridgehead atoms. The van der Waals surface area contributed by atoms with Gasteiger partial charge in [0.25, 0.3) is 0 Å². The minimum absolute atomic E-state index is 0.0345. The van der Waals surface area contributed by atoms with Gasteiger partial charge < -0.3 is 5.32 Å². The summed E-state index contributed by atoms with van der Waals surface area (Å²) in [6, 6.07) is 4.49. The van der Waals surface area contributed by atoms with E-state index >= 15 is 0 Å². The Labute approximate surface area is 115 Å². The van der Waals surface area contributed by atoms with Gasteiger partial charge in [-0.1, -0.05) is 27.5 Å². The van der Waals surface area contributed by atoms with Gasteiger partial charge in [0.1, 0.15) is 10.8 Å². The number of aromatic nitrogens is 2. The maximum Gasteiger partial charge on any atom is 0.224 e. The molecule has 2 rings (SSSR count). The molecule has 7 heteroatoms. The summed E-state index contributed by atoms with van der Waals surface area (Å²) in [6.45, 7) is 0. The van der Waals surface area contributed by atoms with Gasteiger partial charge in [0.05, 0.1) is 11.9 Å². The largest absolute Gasteiger partial charge is 0.336 e. The Hall–Kier alpha value is -0.910. The Balaban J connectivity index is 2.37. The number of rotatable bonds is 2. The number of benzene rings is 1. The monoisotopic (exact) mass is 335 g/mol. The Morgan fingerprint density at radius 2 is 2.06 bits per heavy atom. The van der Waals surface area contributed by atoms with E-state index in [2.05, 4.69) is 31.2 Å². The normalized spacial score (nSPS) is 10.4. The smallest absolute Gasteiger partial charge is 0.224 e. The van der Waals surface area contributed by atoms with Crippen molar-refractivity contribution in [3.8, 4) is 0 Å². The topological polar surface area (TPSA) is 37.8 Å². The molecule has 0 aliphatic rings. The van der Waals surface area contributed by atoms with Crippen molar-refractivity contribution >= 4 is 50.6 Å². The van der Waals surface area contributed by atoms with E-state index in [9.17, 15) is 4.39 Å². The zero-order chi connectivity index (χ0) is 12.4. The second-order valence-corrected chi connectivity index (χ2v) is 4.75. The fourth-order valence-electron chi connectivity index (χ4n) is 1.15. The Bertz CT molecular complexity index is 516. The maximum absolute atomic E-state index is 13.5. The highest BCUT2D eigenvalue weighted by atomic mass is 79.9. The fourth-order valence-corrected chi connectivity index (χ4v) is 1.79. The SMILES string of the molecule is Fc1ccc(Br)cc1Nc1nc(Cl)ncc1Cl. The molecule has 0 saturated heterocycles. The first kappa shape index (κ1) is 12.5. The molecule has 88 valence electrons. The van der Waals surface area contributed by atoms with Crippen molar-refractivity contribution in [3.63, 3.8) is 0 Å². The average Bonchev–Trinajstić information content (AvgIpc) is 2.28. The summed E-state index contributed by atoms with van der Waals surface area (Å²) in [4.78, 5) is 7.57. The summed E-state index contributed by atoms with van der Waals surface area (Å²) in [7, 11) is 0. The van der Waals surface area contributed by atoms with E-state index in [0.717, 1.165) is 4.47 Å². The Morgan fingerprint density at radius 1 is 1.29 bits per heavy atom. The first-order valence-electron chi connectivity index (χ1n) is 4.46. The van der Waals surface area contributed by atoms with E-state index in [1.165, 1.54) is 12.3 Å². The average molecular weight is 337 g/mol. The molecule has 0 fully saturated rings. The van der Waals surface area contributed by atoms with Crippen LogP contribution in [0.15, 0.2) is 28.9 Å².